The number of halogens is 1. The van der Waals surface area contributed by atoms with Crippen LogP contribution >= 0.6 is 11.8 Å². The van der Waals surface area contributed by atoms with Crippen molar-refractivity contribution in [2.24, 2.45) is 0 Å². The fourth-order valence-corrected chi connectivity index (χ4v) is 2.16. The van der Waals surface area contributed by atoms with E-state index < -0.39 is 0 Å². The van der Waals surface area contributed by atoms with E-state index in [4.69, 9.17) is 0 Å². The average molecular weight is 269 g/mol. The maximum absolute atomic E-state index is 12.7. The fourth-order valence-electron chi connectivity index (χ4n) is 1.74. The lowest BCUT2D eigenvalue weighted by Crippen LogP contribution is -2.28. The molecule has 0 unspecified atom stereocenters. The number of Topliss-reactive ketones (excluding diaryl/α,β-unsaturated/α-hetero) is 1. The van der Waals surface area contributed by atoms with Gasteiger partial charge in [-0.15, -0.1) is 0 Å². The molecule has 0 atom stereocenters. The first-order valence-electron chi connectivity index (χ1n) is 6.05. The van der Waals surface area contributed by atoms with E-state index in [0.717, 1.165) is 24.3 Å². The van der Waals surface area contributed by atoms with Crippen LogP contribution in [-0.4, -0.2) is 42.8 Å². The summed E-state index contributed by atoms with van der Waals surface area (Å²) in [6.45, 7) is 1.40. The summed E-state index contributed by atoms with van der Waals surface area (Å²) >= 11 is 1.82. The lowest BCUT2D eigenvalue weighted by atomic mass is 10.1. The molecule has 100 valence electrons. The fraction of sp³-hybridized carbons (Fsp3) is 0.500. The van der Waals surface area contributed by atoms with Gasteiger partial charge in [0.05, 0.1) is 6.54 Å². The molecule has 1 rings (SSSR count). The molecule has 4 heteroatoms. The van der Waals surface area contributed by atoms with E-state index in [9.17, 15) is 9.18 Å². The third-order valence-corrected chi connectivity index (χ3v) is 3.35. The van der Waals surface area contributed by atoms with Crippen LogP contribution in [0.1, 0.15) is 12.0 Å². The van der Waals surface area contributed by atoms with E-state index >= 15 is 0 Å². The zero-order valence-corrected chi connectivity index (χ0v) is 11.8. The van der Waals surface area contributed by atoms with Gasteiger partial charge in [0.15, 0.2) is 5.78 Å². The predicted molar refractivity (Wildman–Crippen MR) is 75.6 cm³/mol. The van der Waals surface area contributed by atoms with E-state index in [1.54, 1.807) is 12.1 Å². The topological polar surface area (TPSA) is 20.3 Å². The number of likely N-dealkylation sites (N-methyl/N-ethyl adjacent to an activating group) is 1. The molecule has 0 aliphatic rings. The second-order valence-electron chi connectivity index (χ2n) is 4.43. The molecule has 0 aliphatic carbocycles. The molecule has 0 spiro atoms. The summed E-state index contributed by atoms with van der Waals surface area (Å²) in [6.07, 6.45) is 3.56. The number of hydrogen-bond donors (Lipinski definition) is 0. The SMILES string of the molecule is CSCCCN(C)CC(=O)Cc1ccc(F)cc1. The van der Waals surface area contributed by atoms with E-state index in [1.807, 2.05) is 23.7 Å². The zero-order chi connectivity index (χ0) is 13.4. The number of rotatable bonds is 8. The van der Waals surface area contributed by atoms with Crippen molar-refractivity contribution in [2.45, 2.75) is 12.8 Å². The first kappa shape index (κ1) is 15.2. The largest absolute Gasteiger partial charge is 0.299 e. The second kappa shape index (κ2) is 8.27. The minimum atomic E-state index is -0.264. The Bertz CT molecular complexity index is 367. The molecular formula is C14H20FNOS. The standard InChI is InChI=1S/C14H20FNOS/c1-16(8-3-9-18-2)11-14(17)10-12-4-6-13(15)7-5-12/h4-7H,3,8-11H2,1-2H3. The van der Waals surface area contributed by atoms with Crippen molar-refractivity contribution in [1.82, 2.24) is 4.90 Å². The number of hydrogen-bond acceptors (Lipinski definition) is 3. The molecule has 1 aromatic rings. The number of carbonyl (C=O) groups is 1. The lowest BCUT2D eigenvalue weighted by molar-refractivity contribution is -0.119. The summed E-state index contributed by atoms with van der Waals surface area (Å²) in [4.78, 5) is 13.8. The molecule has 18 heavy (non-hydrogen) atoms. The smallest absolute Gasteiger partial charge is 0.151 e. The highest BCUT2D eigenvalue weighted by atomic mass is 32.2. The van der Waals surface area contributed by atoms with Gasteiger partial charge in [0.1, 0.15) is 5.82 Å². The van der Waals surface area contributed by atoms with Crippen LogP contribution in [0.4, 0.5) is 4.39 Å². The number of benzene rings is 1. The quantitative estimate of drug-likeness (QED) is 0.677. The van der Waals surface area contributed by atoms with Gasteiger partial charge in [0, 0.05) is 6.42 Å². The Morgan fingerprint density at radius 3 is 2.61 bits per heavy atom. The minimum absolute atomic E-state index is 0.174. The Morgan fingerprint density at radius 2 is 2.00 bits per heavy atom. The zero-order valence-electron chi connectivity index (χ0n) is 11.0. The highest BCUT2D eigenvalue weighted by molar-refractivity contribution is 7.98. The average Bonchev–Trinajstić information content (AvgIpc) is 2.32. The van der Waals surface area contributed by atoms with Gasteiger partial charge in [-0.2, -0.15) is 11.8 Å². The van der Waals surface area contributed by atoms with Gasteiger partial charge in [-0.25, -0.2) is 4.39 Å². The van der Waals surface area contributed by atoms with Gasteiger partial charge in [-0.1, -0.05) is 12.1 Å². The Hall–Kier alpha value is -0.870. The molecule has 2 nitrogen and oxygen atoms in total. The molecule has 0 fully saturated rings. The van der Waals surface area contributed by atoms with Gasteiger partial charge < -0.3 is 0 Å². The molecule has 0 N–H and O–H groups in total. The summed E-state index contributed by atoms with van der Waals surface area (Å²) in [7, 11) is 1.96. The van der Waals surface area contributed by atoms with Crippen molar-refractivity contribution in [3.63, 3.8) is 0 Å². The Kier molecular flexibility index (Phi) is 6.98. The van der Waals surface area contributed by atoms with Crippen LogP contribution in [0.3, 0.4) is 0 Å². The second-order valence-corrected chi connectivity index (χ2v) is 5.41. The minimum Gasteiger partial charge on any atom is -0.299 e. The molecule has 0 aliphatic heterocycles. The number of carbonyl (C=O) groups excluding carboxylic acids is 1. The van der Waals surface area contributed by atoms with Crippen molar-refractivity contribution in [3.8, 4) is 0 Å². The number of thioether (sulfide) groups is 1. The van der Waals surface area contributed by atoms with Gasteiger partial charge in [0.25, 0.3) is 0 Å². The first-order valence-corrected chi connectivity index (χ1v) is 7.45. The summed E-state index contributed by atoms with van der Waals surface area (Å²) in [5.41, 5.74) is 0.874. The monoisotopic (exact) mass is 269 g/mol. The van der Waals surface area contributed by atoms with Crippen molar-refractivity contribution in [1.29, 1.82) is 0 Å². The van der Waals surface area contributed by atoms with E-state index in [2.05, 4.69) is 6.26 Å². The molecule has 1 aromatic carbocycles. The third-order valence-electron chi connectivity index (χ3n) is 2.65. The van der Waals surface area contributed by atoms with Crippen LogP contribution in [-0.2, 0) is 11.2 Å². The number of ketones is 1. The van der Waals surface area contributed by atoms with Crippen LogP contribution in [0.2, 0.25) is 0 Å². The Morgan fingerprint density at radius 1 is 1.33 bits per heavy atom. The summed E-state index contributed by atoms with van der Waals surface area (Å²) in [6, 6.07) is 6.12. The van der Waals surface area contributed by atoms with Crippen molar-refractivity contribution < 1.29 is 9.18 Å². The van der Waals surface area contributed by atoms with Crippen molar-refractivity contribution in [3.05, 3.63) is 35.6 Å². The first-order chi connectivity index (χ1) is 8.61. The van der Waals surface area contributed by atoms with Crippen LogP contribution < -0.4 is 0 Å². The maximum atomic E-state index is 12.7. The highest BCUT2D eigenvalue weighted by Gasteiger charge is 2.07. The molecule has 0 saturated carbocycles. The van der Waals surface area contributed by atoms with Gasteiger partial charge in [-0.3, -0.25) is 9.69 Å². The van der Waals surface area contributed by atoms with E-state index in [1.165, 1.54) is 12.1 Å². The Labute approximate surface area is 113 Å². The van der Waals surface area contributed by atoms with Crippen molar-refractivity contribution >= 4 is 17.5 Å². The third kappa shape index (κ3) is 6.17. The van der Waals surface area contributed by atoms with Gasteiger partial charge in [0.2, 0.25) is 0 Å². The molecule has 0 saturated heterocycles. The summed E-state index contributed by atoms with van der Waals surface area (Å²) < 4.78 is 12.7. The van der Waals surface area contributed by atoms with E-state index in [0.29, 0.717) is 13.0 Å². The summed E-state index contributed by atoms with van der Waals surface area (Å²) in [5, 5.41) is 0. The number of nitrogens with zero attached hydrogens (tertiary/aromatic N) is 1. The van der Waals surface area contributed by atoms with Gasteiger partial charge >= 0.3 is 0 Å². The highest BCUT2D eigenvalue weighted by Crippen LogP contribution is 2.04. The molecule has 0 heterocycles. The van der Waals surface area contributed by atoms with E-state index in [-0.39, 0.29) is 11.6 Å². The van der Waals surface area contributed by atoms with Gasteiger partial charge in [-0.05, 0) is 49.7 Å². The Balaban J connectivity index is 2.30. The molecule has 0 amide bonds. The van der Waals surface area contributed by atoms with Crippen LogP contribution in [0.5, 0.6) is 0 Å². The molecule has 0 aromatic heterocycles. The van der Waals surface area contributed by atoms with Crippen LogP contribution in [0.25, 0.3) is 0 Å². The molecule has 0 radical (unpaired) electrons. The molecular weight excluding hydrogens is 249 g/mol. The van der Waals surface area contributed by atoms with Crippen LogP contribution in [0, 0.1) is 5.82 Å². The summed E-state index contributed by atoms with van der Waals surface area (Å²) in [5.74, 6) is 1.03. The van der Waals surface area contributed by atoms with Crippen LogP contribution in [0.15, 0.2) is 24.3 Å². The lowest BCUT2D eigenvalue weighted by Gasteiger charge is -2.15. The van der Waals surface area contributed by atoms with Crippen molar-refractivity contribution in [2.75, 3.05) is 32.1 Å². The predicted octanol–water partition coefficient (Wildman–Crippen LogP) is 2.62. The molecule has 0 bridgehead atoms. The normalized spacial score (nSPS) is 10.9. The maximum Gasteiger partial charge on any atom is 0.151 e.